The molecule has 0 aromatic carbocycles. The molecule has 0 spiro atoms. The van der Waals surface area contributed by atoms with Crippen molar-refractivity contribution in [2.45, 2.75) is 50.3 Å². The monoisotopic (exact) mass is 350 g/mol. The van der Waals surface area contributed by atoms with Gasteiger partial charge in [-0.3, -0.25) is 14.4 Å². The van der Waals surface area contributed by atoms with E-state index in [0.717, 1.165) is 13.5 Å². The molecule has 1 saturated carbocycles. The molecule has 3 atom stereocenters. The van der Waals surface area contributed by atoms with Gasteiger partial charge in [-0.25, -0.2) is 4.79 Å². The number of ketones is 3. The largest absolute Gasteiger partial charge is 0.467 e. The van der Waals surface area contributed by atoms with Crippen LogP contribution in [0.2, 0.25) is 0 Å². The predicted octanol–water partition coefficient (Wildman–Crippen LogP) is 2.30. The topological polar surface area (TPSA) is 77.5 Å². The van der Waals surface area contributed by atoms with Gasteiger partial charge in [0.25, 0.3) is 0 Å². The maximum Gasteiger partial charge on any atom is 0.335 e. The first-order valence-electron chi connectivity index (χ1n) is 7.09. The predicted molar refractivity (Wildman–Crippen MR) is 82.1 cm³/mol. The summed E-state index contributed by atoms with van der Waals surface area (Å²) in [6.07, 6.45) is 1.34. The summed E-state index contributed by atoms with van der Waals surface area (Å²) in [5.74, 6) is -4.78. The summed E-state index contributed by atoms with van der Waals surface area (Å²) >= 11 is 12.4. The molecule has 22 heavy (non-hydrogen) atoms. The second kappa shape index (κ2) is 6.67. The summed E-state index contributed by atoms with van der Waals surface area (Å²) in [5.41, 5.74) is -1.38. The molecule has 124 valence electrons. The maximum absolute atomic E-state index is 12.7. The molecule has 1 aliphatic rings. The van der Waals surface area contributed by atoms with E-state index in [2.05, 4.69) is 4.74 Å². The molecule has 0 unspecified atom stereocenters. The van der Waals surface area contributed by atoms with E-state index in [9.17, 15) is 19.2 Å². The minimum atomic E-state index is -2.16. The van der Waals surface area contributed by atoms with Gasteiger partial charge in [-0.05, 0) is 6.42 Å². The average Bonchev–Trinajstić information content (AvgIpc) is 2.48. The Hall–Kier alpha value is -0.940. The zero-order chi connectivity index (χ0) is 17.3. The molecule has 0 heterocycles. The van der Waals surface area contributed by atoms with E-state index in [0.29, 0.717) is 6.42 Å². The van der Waals surface area contributed by atoms with Crippen LogP contribution in [0.15, 0.2) is 0 Å². The summed E-state index contributed by atoms with van der Waals surface area (Å²) in [6, 6.07) is 0. The van der Waals surface area contributed by atoms with Crippen molar-refractivity contribution < 1.29 is 23.9 Å². The first kappa shape index (κ1) is 19.1. The summed E-state index contributed by atoms with van der Waals surface area (Å²) in [5, 5.41) is -1.24. The first-order chi connectivity index (χ1) is 10.1. The van der Waals surface area contributed by atoms with Crippen LogP contribution in [0.25, 0.3) is 0 Å². The van der Waals surface area contributed by atoms with E-state index >= 15 is 0 Å². The highest BCUT2D eigenvalue weighted by Crippen LogP contribution is 2.50. The second-order valence-electron chi connectivity index (χ2n) is 6.00. The van der Waals surface area contributed by atoms with Gasteiger partial charge in [-0.1, -0.05) is 38.8 Å². The number of rotatable bonds is 5. The molecule has 0 aromatic heterocycles. The van der Waals surface area contributed by atoms with E-state index in [1.807, 2.05) is 6.92 Å². The molecule has 7 heteroatoms. The lowest BCUT2D eigenvalue weighted by Crippen LogP contribution is -2.67. The van der Waals surface area contributed by atoms with Crippen molar-refractivity contribution in [2.75, 3.05) is 7.11 Å². The molecule has 0 saturated heterocycles. The molecular formula is C15H20Cl2O5. The molecule has 0 bridgehead atoms. The van der Waals surface area contributed by atoms with Gasteiger partial charge in [0.15, 0.2) is 17.3 Å². The van der Waals surface area contributed by atoms with Crippen LogP contribution in [0.3, 0.4) is 0 Å². The van der Waals surface area contributed by atoms with Gasteiger partial charge in [0.2, 0.25) is 4.87 Å². The lowest BCUT2D eigenvalue weighted by atomic mass is 9.62. The zero-order valence-corrected chi connectivity index (χ0v) is 14.6. The highest BCUT2D eigenvalue weighted by molar-refractivity contribution is 6.53. The van der Waals surface area contributed by atoms with Crippen LogP contribution in [-0.4, -0.2) is 40.7 Å². The van der Waals surface area contributed by atoms with E-state index < -0.39 is 44.9 Å². The number of halogens is 2. The second-order valence-corrected chi connectivity index (χ2v) is 7.01. The molecule has 0 radical (unpaired) electrons. The summed E-state index contributed by atoms with van der Waals surface area (Å²) in [6.45, 7) is 4.76. The van der Waals surface area contributed by atoms with E-state index in [-0.39, 0.29) is 6.42 Å². The van der Waals surface area contributed by atoms with Gasteiger partial charge in [0, 0.05) is 11.8 Å². The van der Waals surface area contributed by atoms with Crippen LogP contribution in [0.1, 0.15) is 40.0 Å². The van der Waals surface area contributed by atoms with Crippen molar-refractivity contribution in [3.8, 4) is 0 Å². The molecule has 0 aliphatic heterocycles. The third-order valence-corrected chi connectivity index (χ3v) is 5.81. The van der Waals surface area contributed by atoms with Gasteiger partial charge in [-0.15, -0.1) is 11.6 Å². The molecular weight excluding hydrogens is 331 g/mol. The highest BCUT2D eigenvalue weighted by Gasteiger charge is 2.68. The lowest BCUT2D eigenvalue weighted by molar-refractivity contribution is -0.158. The highest BCUT2D eigenvalue weighted by atomic mass is 35.5. The van der Waals surface area contributed by atoms with Crippen LogP contribution >= 0.6 is 23.2 Å². The van der Waals surface area contributed by atoms with Crippen molar-refractivity contribution >= 4 is 46.5 Å². The van der Waals surface area contributed by atoms with E-state index in [1.54, 1.807) is 0 Å². The number of hydrogen-bond acceptors (Lipinski definition) is 5. The Balaban J connectivity index is 3.35. The van der Waals surface area contributed by atoms with Crippen LogP contribution in [0.5, 0.6) is 0 Å². The number of methoxy groups -OCH3 is 1. The van der Waals surface area contributed by atoms with Gasteiger partial charge >= 0.3 is 5.97 Å². The quantitative estimate of drug-likeness (QED) is 0.431. The molecule has 1 fully saturated rings. The maximum atomic E-state index is 12.7. The Morgan fingerprint density at radius 3 is 2.27 bits per heavy atom. The number of alkyl halides is 2. The molecule has 0 aromatic rings. The third kappa shape index (κ3) is 2.69. The number of esters is 1. The number of ether oxygens (including phenoxy) is 1. The Kier molecular flexibility index (Phi) is 5.79. The fraction of sp³-hybridized carbons (Fsp3) is 0.733. The SMILES string of the molecule is CCCCC(=O)[C@H]1C(=O)[C@@H](Cl)C(C)(C)[C@](Cl)(C(=O)OC)C1=O. The fourth-order valence-electron chi connectivity index (χ4n) is 2.63. The van der Waals surface area contributed by atoms with E-state index in [4.69, 9.17) is 23.2 Å². The summed E-state index contributed by atoms with van der Waals surface area (Å²) in [7, 11) is 1.09. The molecule has 5 nitrogen and oxygen atoms in total. The number of Topliss-reactive ketones (excluding diaryl/α,β-unsaturated/α-hetero) is 3. The Bertz CT molecular complexity index is 514. The molecule has 0 amide bonds. The van der Waals surface area contributed by atoms with Crippen molar-refractivity contribution in [1.82, 2.24) is 0 Å². The Morgan fingerprint density at radius 1 is 1.27 bits per heavy atom. The molecule has 1 rings (SSSR count). The number of unbranched alkanes of at least 4 members (excludes halogenated alkanes) is 1. The van der Waals surface area contributed by atoms with Crippen LogP contribution < -0.4 is 0 Å². The first-order valence-corrected chi connectivity index (χ1v) is 7.90. The molecule has 1 aliphatic carbocycles. The van der Waals surface area contributed by atoms with Crippen molar-refractivity contribution in [3.05, 3.63) is 0 Å². The van der Waals surface area contributed by atoms with Crippen molar-refractivity contribution in [1.29, 1.82) is 0 Å². The average molecular weight is 351 g/mol. The number of hydrogen-bond donors (Lipinski definition) is 0. The molecule has 0 N–H and O–H groups in total. The van der Waals surface area contributed by atoms with Crippen LogP contribution in [-0.2, 0) is 23.9 Å². The van der Waals surface area contributed by atoms with Gasteiger partial charge < -0.3 is 4.74 Å². The Labute approximate surface area is 139 Å². The van der Waals surface area contributed by atoms with Crippen LogP contribution in [0, 0.1) is 11.3 Å². The minimum absolute atomic E-state index is 0.0663. The van der Waals surface area contributed by atoms with E-state index in [1.165, 1.54) is 13.8 Å². The third-order valence-electron chi connectivity index (χ3n) is 4.22. The Morgan fingerprint density at radius 2 is 1.82 bits per heavy atom. The van der Waals surface area contributed by atoms with Gasteiger partial charge in [0.1, 0.15) is 11.3 Å². The summed E-state index contributed by atoms with van der Waals surface area (Å²) in [4.78, 5) is 47.2. The summed E-state index contributed by atoms with van der Waals surface area (Å²) < 4.78 is 4.62. The van der Waals surface area contributed by atoms with Crippen molar-refractivity contribution in [3.63, 3.8) is 0 Å². The van der Waals surface area contributed by atoms with Gasteiger partial charge in [-0.2, -0.15) is 0 Å². The zero-order valence-electron chi connectivity index (χ0n) is 13.1. The van der Waals surface area contributed by atoms with Crippen molar-refractivity contribution in [2.24, 2.45) is 11.3 Å². The normalized spacial score (nSPS) is 31.0. The standard InChI is InChI=1S/C15H20Cl2O5/c1-5-6-7-8(18)9-10(19)11(16)14(2,3)15(17,12(9)20)13(21)22-4/h9,11H,5-7H2,1-4H3/t9-,11+,15+/m0/s1. The fourth-order valence-corrected chi connectivity index (χ4v) is 3.27. The number of carbonyl (C=O) groups excluding carboxylic acids is 4. The smallest absolute Gasteiger partial charge is 0.335 e. The number of carbonyl (C=O) groups is 4. The van der Waals surface area contributed by atoms with Crippen LogP contribution in [0.4, 0.5) is 0 Å². The minimum Gasteiger partial charge on any atom is -0.467 e. The van der Waals surface area contributed by atoms with Gasteiger partial charge in [0.05, 0.1) is 7.11 Å². The lowest BCUT2D eigenvalue weighted by Gasteiger charge is -2.46.